The molecule has 0 bridgehead atoms. The molecule has 3 aromatic rings. The summed E-state index contributed by atoms with van der Waals surface area (Å²) in [5, 5.41) is 19.5. The van der Waals surface area contributed by atoms with Crippen LogP contribution < -0.4 is 10.6 Å². The van der Waals surface area contributed by atoms with Crippen molar-refractivity contribution in [1.82, 2.24) is 30.5 Å². The highest BCUT2D eigenvalue weighted by Gasteiger charge is 2.22. The van der Waals surface area contributed by atoms with E-state index < -0.39 is 5.82 Å². The van der Waals surface area contributed by atoms with E-state index in [4.69, 9.17) is 22.0 Å². The fourth-order valence-corrected chi connectivity index (χ4v) is 3.01. The Morgan fingerprint density at radius 2 is 2.11 bits per heavy atom. The van der Waals surface area contributed by atoms with Crippen LogP contribution in [0.4, 0.5) is 16.0 Å². The van der Waals surface area contributed by atoms with Crippen molar-refractivity contribution in [2.45, 2.75) is 19.4 Å². The summed E-state index contributed by atoms with van der Waals surface area (Å²) in [5.41, 5.74) is 7.10. The molecule has 0 aliphatic carbocycles. The van der Waals surface area contributed by atoms with E-state index in [1.54, 1.807) is 4.68 Å². The molecule has 1 saturated heterocycles. The van der Waals surface area contributed by atoms with Crippen LogP contribution in [0, 0.1) is 5.82 Å². The summed E-state index contributed by atoms with van der Waals surface area (Å²) >= 11 is 5.77. The first-order chi connectivity index (χ1) is 13.1. The number of tetrazole rings is 1. The molecule has 0 unspecified atom stereocenters. The summed E-state index contributed by atoms with van der Waals surface area (Å²) in [4.78, 5) is 6.31. The van der Waals surface area contributed by atoms with Crippen molar-refractivity contribution in [3.8, 4) is 0 Å². The molecule has 0 amide bonds. The number of aliphatic imine (C=N–C) groups is 1. The van der Waals surface area contributed by atoms with Crippen LogP contribution in [-0.4, -0.2) is 49.4 Å². The summed E-state index contributed by atoms with van der Waals surface area (Å²) in [6.45, 7) is 2.02. The number of rotatable bonds is 5. The molecule has 2 N–H and O–H groups in total. The first kappa shape index (κ1) is 17.3. The lowest BCUT2D eigenvalue weighted by Crippen LogP contribution is -2.24. The van der Waals surface area contributed by atoms with Gasteiger partial charge < -0.3 is 10.6 Å². The number of hydrogen-bond donors (Lipinski definition) is 1. The van der Waals surface area contributed by atoms with Crippen LogP contribution in [0.1, 0.15) is 24.2 Å². The summed E-state index contributed by atoms with van der Waals surface area (Å²) in [7, 11) is 0. The van der Waals surface area contributed by atoms with Crippen molar-refractivity contribution in [1.29, 1.82) is 0 Å². The zero-order chi connectivity index (χ0) is 18.8. The Morgan fingerprint density at radius 3 is 2.89 bits per heavy atom. The summed E-state index contributed by atoms with van der Waals surface area (Å²) < 4.78 is 19.7. The Labute approximate surface area is 157 Å². The SMILES string of the molecule is NC(=Nc1ccc(F)c(Cl)c1)c1nonc1Cn1nnnc1N1CCCC1. The van der Waals surface area contributed by atoms with E-state index in [1.807, 2.05) is 0 Å². The average Bonchev–Trinajstić information content (AvgIpc) is 3.39. The smallest absolute Gasteiger partial charge is 0.245 e. The third kappa shape index (κ3) is 3.58. The van der Waals surface area contributed by atoms with Crippen LogP contribution in [-0.2, 0) is 6.54 Å². The lowest BCUT2D eigenvalue weighted by Gasteiger charge is -2.15. The van der Waals surface area contributed by atoms with Gasteiger partial charge in [-0.15, -0.1) is 0 Å². The molecule has 140 valence electrons. The van der Waals surface area contributed by atoms with E-state index in [0.29, 0.717) is 17.3 Å². The zero-order valence-corrected chi connectivity index (χ0v) is 14.8. The molecular weight excluding hydrogens is 377 g/mol. The Kier molecular flexibility index (Phi) is 4.67. The summed E-state index contributed by atoms with van der Waals surface area (Å²) in [6, 6.07) is 4.03. The highest BCUT2D eigenvalue weighted by atomic mass is 35.5. The van der Waals surface area contributed by atoms with Crippen LogP contribution in [0.25, 0.3) is 0 Å². The largest absolute Gasteiger partial charge is 0.382 e. The number of benzene rings is 1. The van der Waals surface area contributed by atoms with Gasteiger partial charge in [0.25, 0.3) is 0 Å². The molecule has 1 aliphatic heterocycles. The van der Waals surface area contributed by atoms with E-state index in [0.717, 1.165) is 25.9 Å². The maximum atomic E-state index is 13.3. The average molecular weight is 392 g/mol. The number of nitrogens with zero attached hydrogens (tertiary/aromatic N) is 8. The number of nitrogens with two attached hydrogens (primary N) is 1. The molecule has 12 heteroatoms. The van der Waals surface area contributed by atoms with Gasteiger partial charge in [0.2, 0.25) is 5.95 Å². The van der Waals surface area contributed by atoms with Gasteiger partial charge in [-0.05, 0) is 46.6 Å². The molecule has 27 heavy (non-hydrogen) atoms. The van der Waals surface area contributed by atoms with E-state index >= 15 is 0 Å². The first-order valence-corrected chi connectivity index (χ1v) is 8.62. The number of aromatic nitrogens is 6. The number of hydrogen-bond acceptors (Lipinski definition) is 8. The van der Waals surface area contributed by atoms with Gasteiger partial charge in [-0.25, -0.2) is 18.7 Å². The van der Waals surface area contributed by atoms with Crippen LogP contribution in [0.5, 0.6) is 0 Å². The predicted octanol–water partition coefficient (Wildman–Crippen LogP) is 1.53. The zero-order valence-electron chi connectivity index (χ0n) is 14.1. The van der Waals surface area contributed by atoms with Crippen LogP contribution in [0.15, 0.2) is 27.8 Å². The Hall–Kier alpha value is -3.08. The molecule has 0 atom stereocenters. The fraction of sp³-hybridized carbons (Fsp3) is 0.333. The third-order valence-electron chi connectivity index (χ3n) is 4.15. The molecule has 1 fully saturated rings. The van der Waals surface area contributed by atoms with Crippen molar-refractivity contribution in [2.75, 3.05) is 18.0 Å². The van der Waals surface area contributed by atoms with Crippen molar-refractivity contribution in [3.05, 3.63) is 40.4 Å². The molecular formula is C15H15ClFN9O. The van der Waals surface area contributed by atoms with Crippen molar-refractivity contribution < 1.29 is 9.02 Å². The molecule has 2 aromatic heterocycles. The molecule has 0 radical (unpaired) electrons. The third-order valence-corrected chi connectivity index (χ3v) is 4.44. The van der Waals surface area contributed by atoms with Crippen molar-refractivity contribution in [3.63, 3.8) is 0 Å². The van der Waals surface area contributed by atoms with Gasteiger partial charge in [0.05, 0.1) is 17.3 Å². The van der Waals surface area contributed by atoms with Crippen molar-refractivity contribution in [2.24, 2.45) is 10.7 Å². The van der Waals surface area contributed by atoms with Gasteiger partial charge in [-0.3, -0.25) is 0 Å². The maximum Gasteiger partial charge on any atom is 0.245 e. The van der Waals surface area contributed by atoms with Crippen LogP contribution in [0.2, 0.25) is 5.02 Å². The molecule has 3 heterocycles. The molecule has 1 aromatic carbocycles. The normalized spacial score (nSPS) is 14.9. The minimum Gasteiger partial charge on any atom is -0.382 e. The second kappa shape index (κ2) is 7.27. The van der Waals surface area contributed by atoms with Gasteiger partial charge in [0.15, 0.2) is 11.5 Å². The van der Waals surface area contributed by atoms with Gasteiger partial charge in [-0.1, -0.05) is 21.9 Å². The molecule has 0 saturated carbocycles. The lowest BCUT2D eigenvalue weighted by atomic mass is 10.3. The van der Waals surface area contributed by atoms with E-state index in [-0.39, 0.29) is 23.1 Å². The summed E-state index contributed by atoms with van der Waals surface area (Å²) in [6.07, 6.45) is 2.20. The van der Waals surface area contributed by atoms with Crippen LogP contribution >= 0.6 is 11.6 Å². The Balaban J connectivity index is 1.59. The summed E-state index contributed by atoms with van der Waals surface area (Å²) in [5.74, 6) is 0.179. The van der Waals surface area contributed by atoms with E-state index in [2.05, 4.69) is 35.7 Å². The van der Waals surface area contributed by atoms with Gasteiger partial charge >= 0.3 is 0 Å². The highest BCUT2D eigenvalue weighted by Crippen LogP contribution is 2.22. The Morgan fingerprint density at radius 1 is 1.30 bits per heavy atom. The van der Waals surface area contributed by atoms with E-state index in [1.165, 1.54) is 18.2 Å². The topological polar surface area (TPSA) is 124 Å². The van der Waals surface area contributed by atoms with E-state index in [9.17, 15) is 4.39 Å². The van der Waals surface area contributed by atoms with Gasteiger partial charge in [0.1, 0.15) is 11.5 Å². The second-order valence-corrected chi connectivity index (χ2v) is 6.39. The van der Waals surface area contributed by atoms with Crippen LogP contribution in [0.3, 0.4) is 0 Å². The minimum atomic E-state index is -0.536. The number of amidine groups is 1. The molecule has 4 rings (SSSR count). The second-order valence-electron chi connectivity index (χ2n) is 5.99. The Bertz CT molecular complexity index is 979. The fourth-order valence-electron chi connectivity index (χ4n) is 2.84. The molecule has 10 nitrogen and oxygen atoms in total. The monoisotopic (exact) mass is 391 g/mol. The number of halogens is 2. The van der Waals surface area contributed by atoms with Gasteiger partial charge in [0, 0.05) is 13.1 Å². The number of anilines is 1. The standard InChI is InChI=1S/C15H15ClFN9O/c16-10-7-9(3-4-11(10)17)19-14(18)13-12(21-27-22-13)8-26-15(20-23-24-26)25-5-1-2-6-25/h3-4,7H,1-2,5-6,8H2,(H2,18,19). The molecule has 1 aliphatic rings. The minimum absolute atomic E-state index is 0.0495. The van der Waals surface area contributed by atoms with Crippen molar-refractivity contribution >= 4 is 29.1 Å². The quantitative estimate of drug-likeness (QED) is 0.513. The van der Waals surface area contributed by atoms with Gasteiger partial charge in [-0.2, -0.15) is 0 Å². The first-order valence-electron chi connectivity index (χ1n) is 8.24. The predicted molar refractivity (Wildman–Crippen MR) is 94.5 cm³/mol. The molecule has 0 spiro atoms. The highest BCUT2D eigenvalue weighted by molar-refractivity contribution is 6.31. The lowest BCUT2D eigenvalue weighted by molar-refractivity contribution is 0.301. The maximum absolute atomic E-state index is 13.3.